The summed E-state index contributed by atoms with van der Waals surface area (Å²) in [5, 5.41) is 3.25. The van der Waals surface area contributed by atoms with E-state index in [4.69, 9.17) is 5.73 Å². The summed E-state index contributed by atoms with van der Waals surface area (Å²) >= 11 is 0. The third-order valence-electron chi connectivity index (χ3n) is 2.06. The van der Waals surface area contributed by atoms with Crippen molar-refractivity contribution in [1.29, 1.82) is 0 Å². The Balaban J connectivity index is 2.64. The molecule has 1 atom stereocenters. The minimum absolute atomic E-state index is 0.384. The van der Waals surface area contributed by atoms with Crippen molar-refractivity contribution in [3.63, 3.8) is 0 Å². The molecule has 1 heterocycles. The van der Waals surface area contributed by atoms with E-state index in [2.05, 4.69) is 36.1 Å². The number of hydrogen-bond donors (Lipinski definition) is 2. The lowest BCUT2D eigenvalue weighted by atomic mass is 10.1. The Labute approximate surface area is 78.6 Å². The van der Waals surface area contributed by atoms with Gasteiger partial charge in [-0.1, -0.05) is 13.8 Å². The third-order valence-corrected chi connectivity index (χ3v) is 2.06. The maximum Gasteiger partial charge on any atom is 0.131 e. The van der Waals surface area contributed by atoms with Gasteiger partial charge in [-0.05, 0) is 12.8 Å². The van der Waals surface area contributed by atoms with Crippen LogP contribution in [0.5, 0.6) is 0 Å². The fourth-order valence-corrected chi connectivity index (χ4v) is 0.851. The Bertz CT molecular complexity index is 272. The lowest BCUT2D eigenvalue weighted by Crippen LogP contribution is -2.22. The van der Waals surface area contributed by atoms with E-state index < -0.39 is 0 Å². The van der Waals surface area contributed by atoms with Gasteiger partial charge in [0.05, 0.1) is 0 Å². The zero-order valence-electron chi connectivity index (χ0n) is 8.28. The summed E-state index contributed by atoms with van der Waals surface area (Å²) in [7, 11) is 0. The Morgan fingerprint density at radius 2 is 2.00 bits per heavy atom. The average Bonchev–Trinajstić information content (AvgIpc) is 2.04. The van der Waals surface area contributed by atoms with Crippen molar-refractivity contribution in [3.8, 4) is 0 Å². The van der Waals surface area contributed by atoms with Crippen molar-refractivity contribution in [2.24, 2.45) is 5.92 Å². The summed E-state index contributed by atoms with van der Waals surface area (Å²) in [4.78, 5) is 7.88. The number of aromatic nitrogens is 2. The van der Waals surface area contributed by atoms with Crippen LogP contribution in [0, 0.1) is 5.92 Å². The van der Waals surface area contributed by atoms with Gasteiger partial charge in [0.25, 0.3) is 0 Å². The molecule has 3 N–H and O–H groups in total. The molecule has 0 aliphatic carbocycles. The first kappa shape index (κ1) is 9.77. The van der Waals surface area contributed by atoms with Crippen molar-refractivity contribution >= 4 is 11.6 Å². The quantitative estimate of drug-likeness (QED) is 0.740. The zero-order valence-corrected chi connectivity index (χ0v) is 8.28. The highest BCUT2D eigenvalue weighted by Crippen LogP contribution is 2.10. The molecule has 0 spiro atoms. The molecule has 0 aliphatic rings. The highest BCUT2D eigenvalue weighted by Gasteiger charge is 2.06. The molecule has 0 amide bonds. The molecule has 4 nitrogen and oxygen atoms in total. The van der Waals surface area contributed by atoms with Gasteiger partial charge < -0.3 is 11.1 Å². The van der Waals surface area contributed by atoms with E-state index in [0.29, 0.717) is 17.8 Å². The van der Waals surface area contributed by atoms with Gasteiger partial charge in [0.15, 0.2) is 0 Å². The highest BCUT2D eigenvalue weighted by atomic mass is 15.0. The van der Waals surface area contributed by atoms with E-state index in [-0.39, 0.29) is 0 Å². The van der Waals surface area contributed by atoms with Crippen molar-refractivity contribution < 1.29 is 0 Å². The maximum absolute atomic E-state index is 5.52. The summed E-state index contributed by atoms with van der Waals surface area (Å²) in [6, 6.07) is 2.12. The lowest BCUT2D eigenvalue weighted by molar-refractivity contribution is 0.558. The topological polar surface area (TPSA) is 63.8 Å². The number of nitrogen functional groups attached to an aromatic ring is 1. The molecule has 0 bridgehead atoms. The molecule has 0 saturated heterocycles. The van der Waals surface area contributed by atoms with E-state index in [1.807, 2.05) is 0 Å². The van der Waals surface area contributed by atoms with Crippen LogP contribution in [0.3, 0.4) is 0 Å². The van der Waals surface area contributed by atoms with Crippen molar-refractivity contribution in [2.45, 2.75) is 26.8 Å². The summed E-state index contributed by atoms with van der Waals surface area (Å²) < 4.78 is 0. The van der Waals surface area contributed by atoms with Crippen LogP contribution in [0.2, 0.25) is 0 Å². The van der Waals surface area contributed by atoms with Crippen LogP contribution in [0.1, 0.15) is 20.8 Å². The number of nitrogens with one attached hydrogen (secondary N) is 1. The van der Waals surface area contributed by atoms with Crippen LogP contribution < -0.4 is 11.1 Å². The summed E-state index contributed by atoms with van der Waals surface area (Å²) in [6.07, 6.45) is 1.46. The summed E-state index contributed by atoms with van der Waals surface area (Å²) in [6.45, 7) is 6.42. The third kappa shape index (κ3) is 2.89. The lowest BCUT2D eigenvalue weighted by Gasteiger charge is -2.17. The van der Waals surface area contributed by atoms with Gasteiger partial charge in [0.2, 0.25) is 0 Å². The Morgan fingerprint density at radius 1 is 1.31 bits per heavy atom. The predicted molar refractivity (Wildman–Crippen MR) is 54.4 cm³/mol. The zero-order chi connectivity index (χ0) is 9.84. The first-order chi connectivity index (χ1) is 6.09. The smallest absolute Gasteiger partial charge is 0.131 e. The maximum atomic E-state index is 5.52. The monoisotopic (exact) mass is 180 g/mol. The van der Waals surface area contributed by atoms with E-state index in [9.17, 15) is 0 Å². The summed E-state index contributed by atoms with van der Waals surface area (Å²) in [5.41, 5.74) is 5.52. The van der Waals surface area contributed by atoms with Gasteiger partial charge >= 0.3 is 0 Å². The highest BCUT2D eigenvalue weighted by molar-refractivity contribution is 5.43. The predicted octanol–water partition coefficient (Wildman–Crippen LogP) is 1.52. The van der Waals surface area contributed by atoms with Crippen molar-refractivity contribution in [2.75, 3.05) is 11.1 Å². The Morgan fingerprint density at radius 3 is 2.54 bits per heavy atom. The molecular formula is C9H16N4. The summed E-state index contributed by atoms with van der Waals surface area (Å²) in [5.74, 6) is 1.85. The van der Waals surface area contributed by atoms with Gasteiger partial charge in [-0.2, -0.15) is 0 Å². The molecule has 0 aromatic carbocycles. The molecule has 0 saturated carbocycles. The number of nitrogens with two attached hydrogens (primary N) is 1. The molecule has 0 fully saturated rings. The standard InChI is InChI=1S/C9H16N4/c1-6(2)7(3)13-9-4-8(10)11-5-12-9/h4-7H,1-3H3,(H3,10,11,12,13)/t7-/m1/s1. The number of nitrogens with zero attached hydrogens (tertiary/aromatic N) is 2. The van der Waals surface area contributed by atoms with E-state index >= 15 is 0 Å². The van der Waals surface area contributed by atoms with E-state index in [1.54, 1.807) is 6.07 Å². The van der Waals surface area contributed by atoms with Crippen molar-refractivity contribution in [1.82, 2.24) is 9.97 Å². The van der Waals surface area contributed by atoms with Crippen molar-refractivity contribution in [3.05, 3.63) is 12.4 Å². The fraction of sp³-hybridized carbons (Fsp3) is 0.556. The van der Waals surface area contributed by atoms with Gasteiger partial charge in [0.1, 0.15) is 18.0 Å². The largest absolute Gasteiger partial charge is 0.384 e. The van der Waals surface area contributed by atoms with Gasteiger partial charge in [0, 0.05) is 12.1 Å². The molecule has 1 rings (SSSR count). The van der Waals surface area contributed by atoms with Crippen LogP contribution in [-0.2, 0) is 0 Å². The number of rotatable bonds is 3. The SMILES string of the molecule is CC(C)[C@@H](C)Nc1cc(N)ncn1. The van der Waals surface area contributed by atoms with Gasteiger partial charge in [-0.15, -0.1) is 0 Å². The Kier molecular flexibility index (Phi) is 3.06. The molecule has 0 radical (unpaired) electrons. The molecule has 0 unspecified atom stereocenters. The first-order valence-electron chi connectivity index (χ1n) is 4.43. The molecular weight excluding hydrogens is 164 g/mol. The fourth-order valence-electron chi connectivity index (χ4n) is 0.851. The van der Waals surface area contributed by atoms with Crippen LogP contribution in [0.15, 0.2) is 12.4 Å². The second-order valence-corrected chi connectivity index (χ2v) is 3.51. The molecule has 72 valence electrons. The number of hydrogen-bond acceptors (Lipinski definition) is 4. The van der Waals surface area contributed by atoms with Crippen LogP contribution in [-0.4, -0.2) is 16.0 Å². The van der Waals surface area contributed by atoms with E-state index in [0.717, 1.165) is 5.82 Å². The first-order valence-corrected chi connectivity index (χ1v) is 4.43. The molecule has 1 aromatic heterocycles. The van der Waals surface area contributed by atoms with Crippen LogP contribution in [0.25, 0.3) is 0 Å². The number of anilines is 2. The van der Waals surface area contributed by atoms with Crippen LogP contribution in [0.4, 0.5) is 11.6 Å². The second-order valence-electron chi connectivity index (χ2n) is 3.51. The second kappa shape index (κ2) is 4.07. The molecule has 13 heavy (non-hydrogen) atoms. The van der Waals surface area contributed by atoms with E-state index in [1.165, 1.54) is 6.33 Å². The minimum Gasteiger partial charge on any atom is -0.384 e. The minimum atomic E-state index is 0.384. The molecule has 1 aromatic rings. The average molecular weight is 180 g/mol. The normalized spacial score (nSPS) is 12.9. The van der Waals surface area contributed by atoms with Crippen LogP contribution >= 0.6 is 0 Å². The van der Waals surface area contributed by atoms with Gasteiger partial charge in [-0.3, -0.25) is 0 Å². The molecule has 4 heteroatoms. The van der Waals surface area contributed by atoms with Gasteiger partial charge in [-0.25, -0.2) is 9.97 Å². The molecule has 0 aliphatic heterocycles. The Hall–Kier alpha value is -1.32.